The lowest BCUT2D eigenvalue weighted by molar-refractivity contribution is -0.867. The lowest BCUT2D eigenvalue weighted by Crippen LogP contribution is -2.55. The second-order valence-corrected chi connectivity index (χ2v) is 10.7. The molecule has 3 aromatic rings. The smallest absolute Gasteiger partial charge is 0.489 e. The SMILES string of the molecule is CCc1c(CC[N+]2(C(=O)O)CCC[C@H]2C)cccc1-c1nsc(-c2ccc(OC(C)C)c(Cl)c2)n1. The van der Waals surface area contributed by atoms with Gasteiger partial charge in [-0.05, 0) is 68.1 Å². The minimum absolute atomic E-state index is 0.0484. The van der Waals surface area contributed by atoms with Crippen LogP contribution in [0.2, 0.25) is 5.02 Å². The molecule has 0 spiro atoms. The first-order valence-electron chi connectivity index (χ1n) is 12.3. The van der Waals surface area contributed by atoms with Crippen molar-refractivity contribution in [2.24, 2.45) is 0 Å². The van der Waals surface area contributed by atoms with Gasteiger partial charge in [0.25, 0.3) is 0 Å². The molecule has 0 bridgehead atoms. The predicted molar refractivity (Wildman–Crippen MR) is 141 cm³/mol. The lowest BCUT2D eigenvalue weighted by Gasteiger charge is -2.32. The number of hydrogen-bond donors (Lipinski definition) is 1. The van der Waals surface area contributed by atoms with Gasteiger partial charge in [-0.3, -0.25) is 0 Å². The molecule has 6 nitrogen and oxygen atoms in total. The van der Waals surface area contributed by atoms with Gasteiger partial charge in [0.1, 0.15) is 10.8 Å². The van der Waals surface area contributed by atoms with Crippen LogP contribution in [0.4, 0.5) is 4.79 Å². The second kappa shape index (κ2) is 10.6. The van der Waals surface area contributed by atoms with E-state index < -0.39 is 6.09 Å². The molecule has 2 atom stereocenters. The first kappa shape index (κ1) is 25.6. The number of aromatic nitrogens is 2. The molecular weight excluding hydrogens is 482 g/mol. The highest BCUT2D eigenvalue weighted by molar-refractivity contribution is 7.09. The van der Waals surface area contributed by atoms with Crippen LogP contribution in [0.1, 0.15) is 51.7 Å². The molecule has 1 unspecified atom stereocenters. The third-order valence-corrected chi connectivity index (χ3v) is 8.08. The molecule has 0 saturated carbocycles. The molecule has 1 fully saturated rings. The van der Waals surface area contributed by atoms with Crippen molar-refractivity contribution in [2.45, 2.75) is 65.5 Å². The van der Waals surface area contributed by atoms with Crippen LogP contribution in [0.25, 0.3) is 22.0 Å². The molecule has 0 aliphatic carbocycles. The largest absolute Gasteiger partial charge is 0.513 e. The van der Waals surface area contributed by atoms with E-state index in [0.29, 0.717) is 29.7 Å². The summed E-state index contributed by atoms with van der Waals surface area (Å²) in [5.41, 5.74) is 4.28. The van der Waals surface area contributed by atoms with Gasteiger partial charge in [-0.25, -0.2) is 9.47 Å². The molecule has 186 valence electrons. The van der Waals surface area contributed by atoms with Crippen molar-refractivity contribution in [1.29, 1.82) is 0 Å². The van der Waals surface area contributed by atoms with Crippen LogP contribution < -0.4 is 4.74 Å². The Morgan fingerprint density at radius 2 is 2.11 bits per heavy atom. The average Bonchev–Trinajstić information content (AvgIpc) is 3.46. The normalized spacial score (nSPS) is 19.9. The molecule has 1 aliphatic heterocycles. The summed E-state index contributed by atoms with van der Waals surface area (Å²) >= 11 is 7.78. The number of hydrogen-bond acceptors (Lipinski definition) is 5. The first-order valence-corrected chi connectivity index (χ1v) is 13.4. The van der Waals surface area contributed by atoms with Crippen molar-refractivity contribution in [3.05, 3.63) is 52.5 Å². The van der Waals surface area contributed by atoms with Crippen molar-refractivity contribution >= 4 is 29.2 Å². The van der Waals surface area contributed by atoms with Gasteiger partial charge in [-0.2, -0.15) is 9.17 Å². The molecule has 2 aromatic carbocycles. The number of carbonyl (C=O) groups is 1. The Bertz CT molecular complexity index is 1210. The van der Waals surface area contributed by atoms with Gasteiger partial charge in [0.15, 0.2) is 5.82 Å². The summed E-state index contributed by atoms with van der Waals surface area (Å²) in [6, 6.07) is 12.0. The molecule has 4 rings (SSSR count). The van der Waals surface area contributed by atoms with Gasteiger partial charge >= 0.3 is 6.09 Å². The zero-order valence-electron chi connectivity index (χ0n) is 20.8. The topological polar surface area (TPSA) is 72.3 Å². The molecule has 35 heavy (non-hydrogen) atoms. The number of carboxylic acid groups (broad SMARTS) is 1. The van der Waals surface area contributed by atoms with Gasteiger partial charge in [-0.1, -0.05) is 36.7 Å². The summed E-state index contributed by atoms with van der Waals surface area (Å²) in [7, 11) is 0. The number of quaternary nitrogens is 1. The van der Waals surface area contributed by atoms with Gasteiger partial charge < -0.3 is 9.84 Å². The number of rotatable bonds is 8. The van der Waals surface area contributed by atoms with E-state index in [1.165, 1.54) is 22.7 Å². The number of amides is 1. The molecule has 1 amide bonds. The van der Waals surface area contributed by atoms with Crippen LogP contribution in [0.15, 0.2) is 36.4 Å². The quantitative estimate of drug-likeness (QED) is 0.325. The number of nitrogens with zero attached hydrogens (tertiary/aromatic N) is 3. The Labute approximate surface area is 216 Å². The number of likely N-dealkylation sites (tertiary alicyclic amines) is 1. The second-order valence-electron chi connectivity index (χ2n) is 9.54. The zero-order chi connectivity index (χ0) is 25.2. The third kappa shape index (κ3) is 5.22. The van der Waals surface area contributed by atoms with Crippen molar-refractivity contribution in [3.8, 4) is 27.7 Å². The molecule has 1 aliphatic rings. The maximum atomic E-state index is 12.2. The fourth-order valence-electron chi connectivity index (χ4n) is 5.10. The maximum Gasteiger partial charge on any atom is 0.513 e. The molecule has 1 saturated heterocycles. The average molecular weight is 515 g/mol. The monoisotopic (exact) mass is 514 g/mol. The Morgan fingerprint density at radius 1 is 1.31 bits per heavy atom. The van der Waals surface area contributed by atoms with E-state index in [4.69, 9.17) is 21.3 Å². The molecule has 1 N–H and O–H groups in total. The van der Waals surface area contributed by atoms with Gasteiger partial charge in [0.05, 0.1) is 30.3 Å². The highest BCUT2D eigenvalue weighted by atomic mass is 35.5. The Hall–Kier alpha value is -2.48. The van der Waals surface area contributed by atoms with Gasteiger partial charge in [0, 0.05) is 30.4 Å². The zero-order valence-corrected chi connectivity index (χ0v) is 22.3. The van der Waals surface area contributed by atoms with E-state index in [2.05, 4.69) is 30.4 Å². The third-order valence-electron chi connectivity index (χ3n) is 7.02. The highest BCUT2D eigenvalue weighted by Gasteiger charge is 2.45. The molecule has 8 heteroatoms. The van der Waals surface area contributed by atoms with Crippen molar-refractivity contribution in [3.63, 3.8) is 0 Å². The summed E-state index contributed by atoms with van der Waals surface area (Å²) in [4.78, 5) is 17.0. The lowest BCUT2D eigenvalue weighted by atomic mass is 9.95. The Morgan fingerprint density at radius 3 is 2.74 bits per heavy atom. The van der Waals surface area contributed by atoms with Crippen LogP contribution >= 0.6 is 23.1 Å². The van der Waals surface area contributed by atoms with Gasteiger partial charge in [0.2, 0.25) is 0 Å². The molecule has 2 heterocycles. The number of benzene rings is 2. The standard InChI is InChI=1S/C27H32ClN3O3S/c1-5-21-19(13-15-31(27(32)33)14-7-8-18(31)4)9-6-10-22(21)25-29-26(35-30-25)20-11-12-24(23(28)16-20)34-17(2)3/h6,9-12,16-18H,5,7-8,13-15H2,1-4H3/p+1/t18-,31?/m1/s1. The van der Waals surface area contributed by atoms with Crippen LogP contribution in [-0.2, 0) is 12.8 Å². The van der Waals surface area contributed by atoms with Crippen LogP contribution in [-0.4, -0.2) is 50.3 Å². The minimum Gasteiger partial charge on any atom is -0.489 e. The van der Waals surface area contributed by atoms with E-state index in [1.807, 2.05) is 38.1 Å². The van der Waals surface area contributed by atoms with E-state index >= 15 is 0 Å². The number of halogens is 1. The van der Waals surface area contributed by atoms with Gasteiger partial charge in [-0.15, -0.1) is 0 Å². The fraction of sp³-hybridized carbons (Fsp3) is 0.444. The molecule has 0 radical (unpaired) electrons. The Kier molecular flexibility index (Phi) is 7.79. The number of ether oxygens (including phenoxy) is 1. The Balaban J connectivity index is 1.60. The summed E-state index contributed by atoms with van der Waals surface area (Å²) in [6.07, 6.45) is 2.82. The van der Waals surface area contributed by atoms with Crippen LogP contribution in [0.5, 0.6) is 5.75 Å². The molecular formula is C27H33ClN3O3S+. The highest BCUT2D eigenvalue weighted by Crippen LogP contribution is 2.35. The summed E-state index contributed by atoms with van der Waals surface area (Å²) < 4.78 is 10.6. The maximum absolute atomic E-state index is 12.2. The first-order chi connectivity index (χ1) is 16.7. The predicted octanol–water partition coefficient (Wildman–Crippen LogP) is 7.09. The van der Waals surface area contributed by atoms with Crippen LogP contribution in [0, 0.1) is 0 Å². The van der Waals surface area contributed by atoms with E-state index in [-0.39, 0.29) is 16.6 Å². The van der Waals surface area contributed by atoms with Crippen molar-refractivity contribution in [2.75, 3.05) is 13.1 Å². The minimum atomic E-state index is -0.710. The summed E-state index contributed by atoms with van der Waals surface area (Å²) in [5, 5.41) is 11.3. The summed E-state index contributed by atoms with van der Waals surface area (Å²) in [5.74, 6) is 1.35. The van der Waals surface area contributed by atoms with Crippen molar-refractivity contribution in [1.82, 2.24) is 9.36 Å². The molecule has 1 aromatic heterocycles. The van der Waals surface area contributed by atoms with E-state index in [9.17, 15) is 9.90 Å². The fourth-order valence-corrected chi connectivity index (χ4v) is 5.99. The van der Waals surface area contributed by atoms with Crippen LogP contribution in [0.3, 0.4) is 0 Å². The van der Waals surface area contributed by atoms with E-state index in [0.717, 1.165) is 41.8 Å². The van der Waals surface area contributed by atoms with E-state index in [1.54, 1.807) is 0 Å². The van der Waals surface area contributed by atoms with Crippen molar-refractivity contribution < 1.29 is 19.1 Å². The summed E-state index contributed by atoms with van der Waals surface area (Å²) in [6.45, 7) is 9.44.